The van der Waals surface area contributed by atoms with E-state index < -0.39 is 0 Å². The first kappa shape index (κ1) is 14.2. The number of esters is 1. The molecule has 0 bridgehead atoms. The van der Waals surface area contributed by atoms with Gasteiger partial charge in [-0.25, -0.2) is 4.79 Å². The summed E-state index contributed by atoms with van der Waals surface area (Å²) in [5.74, 6) is -0.269. The molecule has 17 heavy (non-hydrogen) atoms. The van der Waals surface area contributed by atoms with E-state index in [4.69, 9.17) is 4.74 Å². The normalized spacial score (nSPS) is 12.5. The zero-order valence-electron chi connectivity index (χ0n) is 10.5. The van der Waals surface area contributed by atoms with E-state index in [0.717, 1.165) is 11.0 Å². The smallest absolute Gasteiger partial charge is 0.339 e. The molecule has 1 aromatic rings. The predicted octanol–water partition coefficient (Wildman–Crippen LogP) is 1.53. The first-order valence-electron chi connectivity index (χ1n) is 5.76. The number of ether oxygens (including phenoxy) is 1. The number of hydrogen-bond acceptors (Lipinski definition) is 2. The maximum atomic E-state index is 11.8. The van der Waals surface area contributed by atoms with Crippen molar-refractivity contribution in [2.24, 2.45) is 0 Å². The van der Waals surface area contributed by atoms with Crippen LogP contribution in [0.15, 0.2) is 28.7 Å². The molecule has 0 fully saturated rings. The third-order valence-electron chi connectivity index (χ3n) is 2.81. The zero-order valence-corrected chi connectivity index (χ0v) is 12.1. The van der Waals surface area contributed by atoms with E-state index in [1.54, 1.807) is 6.07 Å². The Balaban J connectivity index is 2.43. The van der Waals surface area contributed by atoms with Gasteiger partial charge in [0.05, 0.1) is 18.7 Å². The molecular formula is C13H19BrNO2+. The van der Waals surface area contributed by atoms with Gasteiger partial charge < -0.3 is 9.64 Å². The van der Waals surface area contributed by atoms with Crippen LogP contribution < -0.4 is 4.90 Å². The minimum absolute atomic E-state index is 0.269. The highest BCUT2D eigenvalue weighted by Gasteiger charge is 2.12. The van der Waals surface area contributed by atoms with E-state index in [2.05, 4.69) is 36.8 Å². The van der Waals surface area contributed by atoms with Gasteiger partial charge in [-0.3, -0.25) is 0 Å². The topological polar surface area (TPSA) is 30.7 Å². The molecule has 4 heteroatoms. The van der Waals surface area contributed by atoms with E-state index in [1.807, 2.05) is 18.2 Å². The Morgan fingerprint density at radius 3 is 2.65 bits per heavy atom. The fourth-order valence-electron chi connectivity index (χ4n) is 1.30. The van der Waals surface area contributed by atoms with E-state index in [-0.39, 0.29) is 5.97 Å². The molecule has 0 aliphatic carbocycles. The van der Waals surface area contributed by atoms with Crippen LogP contribution in [0.5, 0.6) is 0 Å². The van der Waals surface area contributed by atoms with E-state index in [0.29, 0.717) is 18.2 Å². The number of quaternary nitrogens is 1. The van der Waals surface area contributed by atoms with Gasteiger partial charge in [0.25, 0.3) is 0 Å². The summed E-state index contributed by atoms with van der Waals surface area (Å²) in [5.41, 5.74) is 0.578. The van der Waals surface area contributed by atoms with E-state index in [1.165, 1.54) is 4.90 Å². The van der Waals surface area contributed by atoms with Gasteiger partial charge in [0.1, 0.15) is 13.2 Å². The monoisotopic (exact) mass is 300 g/mol. The number of nitrogens with one attached hydrogen (secondary N) is 1. The van der Waals surface area contributed by atoms with Crippen molar-refractivity contribution in [3.05, 3.63) is 34.3 Å². The van der Waals surface area contributed by atoms with Gasteiger partial charge in [-0.05, 0) is 41.9 Å². The van der Waals surface area contributed by atoms with Crippen molar-refractivity contribution in [2.75, 3.05) is 20.2 Å². The van der Waals surface area contributed by atoms with Crippen LogP contribution >= 0.6 is 15.9 Å². The summed E-state index contributed by atoms with van der Waals surface area (Å²) in [6, 6.07) is 7.83. The van der Waals surface area contributed by atoms with Crippen LogP contribution in [0, 0.1) is 0 Å². The van der Waals surface area contributed by atoms with E-state index >= 15 is 0 Å². The first-order chi connectivity index (χ1) is 8.02. The quantitative estimate of drug-likeness (QED) is 0.836. The molecule has 3 nitrogen and oxygen atoms in total. The molecule has 0 radical (unpaired) electrons. The van der Waals surface area contributed by atoms with Crippen LogP contribution in [-0.2, 0) is 4.74 Å². The highest BCUT2D eigenvalue weighted by Crippen LogP contribution is 2.16. The summed E-state index contributed by atoms with van der Waals surface area (Å²) in [4.78, 5) is 13.1. The second kappa shape index (κ2) is 6.77. The summed E-state index contributed by atoms with van der Waals surface area (Å²) in [7, 11) is 2.09. The molecule has 94 valence electrons. The van der Waals surface area contributed by atoms with Gasteiger partial charge in [-0.15, -0.1) is 0 Å². The number of halogens is 1. The average Bonchev–Trinajstić information content (AvgIpc) is 2.29. The number of rotatable bonds is 5. The molecule has 1 N–H and O–H groups in total. The van der Waals surface area contributed by atoms with Crippen molar-refractivity contribution in [1.29, 1.82) is 0 Å². The maximum absolute atomic E-state index is 11.8. The van der Waals surface area contributed by atoms with Crippen LogP contribution in [0.2, 0.25) is 0 Å². The molecule has 1 rings (SSSR count). The molecule has 0 amide bonds. The minimum atomic E-state index is -0.269. The van der Waals surface area contributed by atoms with Crippen molar-refractivity contribution in [1.82, 2.24) is 0 Å². The average molecular weight is 301 g/mol. The van der Waals surface area contributed by atoms with E-state index in [9.17, 15) is 4.79 Å². The van der Waals surface area contributed by atoms with Gasteiger partial charge in [-0.1, -0.05) is 12.1 Å². The fourth-order valence-corrected chi connectivity index (χ4v) is 1.74. The highest BCUT2D eigenvalue weighted by atomic mass is 79.9. The molecular weight excluding hydrogens is 282 g/mol. The number of likely N-dealkylation sites (N-methyl/N-ethyl adjacent to an activating group) is 1. The van der Waals surface area contributed by atoms with Crippen molar-refractivity contribution in [3.63, 3.8) is 0 Å². The summed E-state index contributed by atoms with van der Waals surface area (Å²) < 4.78 is 6.01. The van der Waals surface area contributed by atoms with Crippen LogP contribution in [0.25, 0.3) is 0 Å². The Kier molecular flexibility index (Phi) is 5.65. The molecule has 0 aliphatic rings. The van der Waals surface area contributed by atoms with Crippen molar-refractivity contribution in [2.45, 2.75) is 19.9 Å². The van der Waals surface area contributed by atoms with Crippen molar-refractivity contribution >= 4 is 21.9 Å². The third kappa shape index (κ3) is 4.48. The molecule has 0 aromatic heterocycles. The molecule has 0 spiro atoms. The van der Waals surface area contributed by atoms with Crippen LogP contribution in [-0.4, -0.2) is 32.2 Å². The van der Waals surface area contributed by atoms with Gasteiger partial charge >= 0.3 is 5.97 Å². The molecule has 0 saturated carbocycles. The SMILES string of the molecule is CC(C)[NH+](C)CCOC(=O)c1ccccc1Br. The lowest BCUT2D eigenvalue weighted by Gasteiger charge is -2.17. The molecule has 0 aliphatic heterocycles. The molecule has 1 aromatic carbocycles. The molecule has 1 atom stereocenters. The van der Waals surface area contributed by atoms with Gasteiger partial charge in [0.15, 0.2) is 0 Å². The van der Waals surface area contributed by atoms with Crippen molar-refractivity contribution in [3.8, 4) is 0 Å². The van der Waals surface area contributed by atoms with Crippen LogP contribution in [0.3, 0.4) is 0 Å². The molecule has 0 saturated heterocycles. The number of carbonyl (C=O) groups excluding carboxylic acids is 1. The lowest BCUT2D eigenvalue weighted by atomic mass is 10.2. The molecule has 0 heterocycles. The standard InChI is InChI=1S/C13H18BrNO2/c1-10(2)15(3)8-9-17-13(16)11-6-4-5-7-12(11)14/h4-7,10H,8-9H2,1-3H3/p+1. The zero-order chi connectivity index (χ0) is 12.8. The Bertz CT molecular complexity index is 379. The second-order valence-electron chi connectivity index (χ2n) is 4.37. The lowest BCUT2D eigenvalue weighted by molar-refractivity contribution is -0.901. The Morgan fingerprint density at radius 2 is 2.06 bits per heavy atom. The predicted molar refractivity (Wildman–Crippen MR) is 71.3 cm³/mol. The first-order valence-corrected chi connectivity index (χ1v) is 6.55. The summed E-state index contributed by atoms with van der Waals surface area (Å²) in [6.07, 6.45) is 0. The lowest BCUT2D eigenvalue weighted by Crippen LogP contribution is -3.12. The Hall–Kier alpha value is -0.870. The highest BCUT2D eigenvalue weighted by molar-refractivity contribution is 9.10. The van der Waals surface area contributed by atoms with Gasteiger partial charge in [0.2, 0.25) is 0 Å². The third-order valence-corrected chi connectivity index (χ3v) is 3.50. The summed E-state index contributed by atoms with van der Waals surface area (Å²) in [6.45, 7) is 5.56. The minimum Gasteiger partial charge on any atom is -0.456 e. The van der Waals surface area contributed by atoms with Gasteiger partial charge in [-0.2, -0.15) is 0 Å². The fraction of sp³-hybridized carbons (Fsp3) is 0.462. The number of carbonyl (C=O) groups is 1. The van der Waals surface area contributed by atoms with Crippen LogP contribution in [0.4, 0.5) is 0 Å². The van der Waals surface area contributed by atoms with Crippen molar-refractivity contribution < 1.29 is 14.4 Å². The number of benzene rings is 1. The number of hydrogen-bond donors (Lipinski definition) is 1. The molecule has 1 unspecified atom stereocenters. The second-order valence-corrected chi connectivity index (χ2v) is 5.22. The largest absolute Gasteiger partial charge is 0.456 e. The summed E-state index contributed by atoms with van der Waals surface area (Å²) >= 11 is 3.33. The van der Waals surface area contributed by atoms with Crippen LogP contribution in [0.1, 0.15) is 24.2 Å². The summed E-state index contributed by atoms with van der Waals surface area (Å²) in [5, 5.41) is 0. The maximum Gasteiger partial charge on any atom is 0.339 e. The van der Waals surface area contributed by atoms with Gasteiger partial charge in [0, 0.05) is 4.47 Å². The Labute approximate surface area is 111 Å². The Morgan fingerprint density at radius 1 is 1.41 bits per heavy atom.